The van der Waals surface area contributed by atoms with Gasteiger partial charge in [-0.25, -0.2) is 14.3 Å². The molecule has 0 atom stereocenters. The van der Waals surface area contributed by atoms with E-state index in [1.54, 1.807) is 6.07 Å². The third-order valence-electron chi connectivity index (χ3n) is 2.34. The number of hydrogen-bond acceptors (Lipinski definition) is 4. The zero-order valence-corrected chi connectivity index (χ0v) is 12.4. The molecule has 0 saturated heterocycles. The number of rotatable bonds is 5. The maximum atomic E-state index is 12.0. The highest BCUT2D eigenvalue weighted by Crippen LogP contribution is 2.35. The smallest absolute Gasteiger partial charge is 0.254 e. The number of hydrogen-bond donors (Lipinski definition) is 2. The SMILES string of the molecule is CCS(=O)(=O)N(CC(=O)NN)c1c(Cl)cccc1Cl. The van der Waals surface area contributed by atoms with E-state index in [1.165, 1.54) is 19.1 Å². The van der Waals surface area contributed by atoms with Gasteiger partial charge in [-0.2, -0.15) is 0 Å². The number of carbonyl (C=O) groups excluding carboxylic acids is 1. The molecule has 0 heterocycles. The summed E-state index contributed by atoms with van der Waals surface area (Å²) < 4.78 is 24.9. The number of nitrogens with one attached hydrogen (secondary N) is 1. The van der Waals surface area contributed by atoms with Crippen LogP contribution in [0, 0.1) is 0 Å². The third kappa shape index (κ3) is 3.73. The minimum Gasteiger partial charge on any atom is -0.293 e. The minimum absolute atomic E-state index is 0.0660. The van der Waals surface area contributed by atoms with Gasteiger partial charge in [0.15, 0.2) is 0 Å². The van der Waals surface area contributed by atoms with Crippen LogP contribution in [-0.4, -0.2) is 26.6 Å². The second-order valence-electron chi connectivity index (χ2n) is 3.54. The second kappa shape index (κ2) is 6.42. The molecule has 0 saturated carbocycles. The minimum atomic E-state index is -3.72. The fraction of sp³-hybridized carbons (Fsp3) is 0.300. The lowest BCUT2D eigenvalue weighted by Crippen LogP contribution is -2.44. The van der Waals surface area contributed by atoms with Crippen LogP contribution < -0.4 is 15.6 Å². The summed E-state index contributed by atoms with van der Waals surface area (Å²) in [6.07, 6.45) is 0. The van der Waals surface area contributed by atoms with Crippen LogP contribution in [0.1, 0.15) is 6.92 Å². The predicted octanol–water partition coefficient (Wildman–Crippen LogP) is 1.14. The van der Waals surface area contributed by atoms with Crippen LogP contribution in [0.3, 0.4) is 0 Å². The van der Waals surface area contributed by atoms with Crippen LogP contribution in [-0.2, 0) is 14.8 Å². The fourth-order valence-corrected chi connectivity index (χ4v) is 3.18. The Balaban J connectivity index is 3.36. The van der Waals surface area contributed by atoms with Crippen molar-refractivity contribution in [3.05, 3.63) is 28.2 Å². The number of anilines is 1. The standard InChI is InChI=1S/C10H13Cl2N3O3S/c1-2-19(17,18)15(6-9(16)14-13)10-7(11)4-3-5-8(10)12/h3-5H,2,6,13H2,1H3,(H,14,16). The number of benzene rings is 1. The highest BCUT2D eigenvalue weighted by Gasteiger charge is 2.27. The lowest BCUT2D eigenvalue weighted by molar-refractivity contribution is -0.119. The van der Waals surface area contributed by atoms with Crippen molar-refractivity contribution in [3.8, 4) is 0 Å². The van der Waals surface area contributed by atoms with Gasteiger partial charge < -0.3 is 0 Å². The van der Waals surface area contributed by atoms with Gasteiger partial charge in [-0.1, -0.05) is 29.3 Å². The first-order valence-electron chi connectivity index (χ1n) is 5.27. The van der Waals surface area contributed by atoms with Crippen LogP contribution >= 0.6 is 23.2 Å². The van der Waals surface area contributed by atoms with Gasteiger partial charge in [0.25, 0.3) is 5.91 Å². The molecular formula is C10H13Cl2N3O3S. The Hall–Kier alpha value is -1.02. The Bertz CT molecular complexity index is 557. The molecule has 0 bridgehead atoms. The number of nitrogens with two attached hydrogens (primary N) is 1. The van der Waals surface area contributed by atoms with E-state index in [-0.39, 0.29) is 21.5 Å². The summed E-state index contributed by atoms with van der Waals surface area (Å²) in [5.41, 5.74) is 1.94. The first-order valence-corrected chi connectivity index (χ1v) is 7.63. The molecule has 6 nitrogen and oxygen atoms in total. The van der Waals surface area contributed by atoms with Crippen molar-refractivity contribution in [3.63, 3.8) is 0 Å². The zero-order valence-electron chi connectivity index (χ0n) is 10.1. The van der Waals surface area contributed by atoms with Crippen LogP contribution in [0.2, 0.25) is 10.0 Å². The molecule has 0 aliphatic carbocycles. The van der Waals surface area contributed by atoms with Gasteiger partial charge in [0.05, 0.1) is 21.5 Å². The number of para-hydroxylation sites is 1. The molecule has 1 aromatic carbocycles. The first kappa shape index (κ1) is 16.0. The van der Waals surface area contributed by atoms with Crippen LogP contribution in [0.4, 0.5) is 5.69 Å². The van der Waals surface area contributed by atoms with E-state index >= 15 is 0 Å². The molecule has 1 amide bonds. The number of sulfonamides is 1. The lowest BCUT2D eigenvalue weighted by atomic mass is 10.3. The summed E-state index contributed by atoms with van der Waals surface area (Å²) in [7, 11) is -3.72. The molecular weight excluding hydrogens is 313 g/mol. The normalized spacial score (nSPS) is 11.2. The summed E-state index contributed by atoms with van der Waals surface area (Å²) in [5.74, 6) is 4.10. The number of halogens is 2. The Morgan fingerprint density at radius 1 is 1.37 bits per heavy atom. The van der Waals surface area contributed by atoms with Crippen LogP contribution in [0.15, 0.2) is 18.2 Å². The third-order valence-corrected chi connectivity index (χ3v) is 4.66. The molecule has 0 spiro atoms. The quantitative estimate of drug-likeness (QED) is 0.482. The Morgan fingerprint density at radius 3 is 2.32 bits per heavy atom. The second-order valence-corrected chi connectivity index (χ2v) is 6.54. The molecule has 0 unspecified atom stereocenters. The molecule has 0 fully saturated rings. The number of carbonyl (C=O) groups is 1. The highest BCUT2D eigenvalue weighted by molar-refractivity contribution is 7.92. The largest absolute Gasteiger partial charge is 0.293 e. The fourth-order valence-electron chi connectivity index (χ4n) is 1.38. The summed E-state index contributed by atoms with van der Waals surface area (Å²) in [4.78, 5) is 11.4. The molecule has 0 aliphatic rings. The average molecular weight is 326 g/mol. The molecule has 9 heteroatoms. The van der Waals surface area contributed by atoms with Gasteiger partial charge >= 0.3 is 0 Å². The Morgan fingerprint density at radius 2 is 1.89 bits per heavy atom. The molecule has 0 radical (unpaired) electrons. The van der Waals surface area contributed by atoms with Gasteiger partial charge in [-0.05, 0) is 19.1 Å². The van der Waals surface area contributed by atoms with Gasteiger partial charge in [0.1, 0.15) is 6.54 Å². The summed E-state index contributed by atoms with van der Waals surface area (Å²) in [6.45, 7) is 0.962. The van der Waals surface area contributed by atoms with Crippen molar-refractivity contribution < 1.29 is 13.2 Å². The number of nitrogens with zero attached hydrogens (tertiary/aromatic N) is 1. The molecule has 1 rings (SSSR count). The maximum absolute atomic E-state index is 12.0. The molecule has 0 aliphatic heterocycles. The van der Waals surface area contributed by atoms with Gasteiger partial charge in [0.2, 0.25) is 10.0 Å². The van der Waals surface area contributed by atoms with Crippen molar-refractivity contribution in [2.75, 3.05) is 16.6 Å². The van der Waals surface area contributed by atoms with E-state index in [9.17, 15) is 13.2 Å². The molecule has 1 aromatic rings. The van der Waals surface area contributed by atoms with E-state index in [0.717, 1.165) is 4.31 Å². The molecule has 19 heavy (non-hydrogen) atoms. The highest BCUT2D eigenvalue weighted by atomic mass is 35.5. The van der Waals surface area contributed by atoms with Crippen molar-refractivity contribution in [1.82, 2.24) is 5.43 Å². The van der Waals surface area contributed by atoms with Crippen LogP contribution in [0.5, 0.6) is 0 Å². The Labute approximate surface area is 121 Å². The molecule has 106 valence electrons. The van der Waals surface area contributed by atoms with Gasteiger partial charge in [0, 0.05) is 0 Å². The summed E-state index contributed by atoms with van der Waals surface area (Å²) in [5, 5.41) is 0.267. The topological polar surface area (TPSA) is 92.5 Å². The van der Waals surface area contributed by atoms with Crippen molar-refractivity contribution in [2.45, 2.75) is 6.92 Å². The molecule has 3 N–H and O–H groups in total. The van der Waals surface area contributed by atoms with E-state index in [4.69, 9.17) is 29.0 Å². The van der Waals surface area contributed by atoms with E-state index < -0.39 is 22.5 Å². The Kier molecular flexibility index (Phi) is 5.42. The first-order chi connectivity index (χ1) is 8.83. The van der Waals surface area contributed by atoms with E-state index in [1.807, 2.05) is 5.43 Å². The average Bonchev–Trinajstić information content (AvgIpc) is 2.36. The zero-order chi connectivity index (χ0) is 14.6. The van der Waals surface area contributed by atoms with Gasteiger partial charge in [-0.3, -0.25) is 14.5 Å². The molecule has 0 aromatic heterocycles. The van der Waals surface area contributed by atoms with Crippen LogP contribution in [0.25, 0.3) is 0 Å². The van der Waals surface area contributed by atoms with E-state index in [2.05, 4.69) is 0 Å². The van der Waals surface area contributed by atoms with Crippen molar-refractivity contribution in [1.29, 1.82) is 0 Å². The number of amides is 1. The van der Waals surface area contributed by atoms with E-state index in [0.29, 0.717) is 0 Å². The monoisotopic (exact) mass is 325 g/mol. The van der Waals surface area contributed by atoms with Crippen molar-refractivity contribution in [2.24, 2.45) is 5.84 Å². The predicted molar refractivity (Wildman–Crippen MR) is 75.6 cm³/mol. The van der Waals surface area contributed by atoms with Gasteiger partial charge in [-0.15, -0.1) is 0 Å². The maximum Gasteiger partial charge on any atom is 0.254 e. The van der Waals surface area contributed by atoms with Crippen molar-refractivity contribution >= 4 is 44.8 Å². The lowest BCUT2D eigenvalue weighted by Gasteiger charge is -2.24. The summed E-state index contributed by atoms with van der Waals surface area (Å²) >= 11 is 11.9. The number of hydrazine groups is 1. The summed E-state index contributed by atoms with van der Waals surface area (Å²) in [6, 6.07) is 4.55.